The molecule has 0 radical (unpaired) electrons. The summed E-state index contributed by atoms with van der Waals surface area (Å²) in [6, 6.07) is 2.07. The third kappa shape index (κ3) is 5.68. The Morgan fingerprint density at radius 1 is 1.33 bits per heavy atom. The molecule has 18 heavy (non-hydrogen) atoms. The SMILES string of the molecule is CC(C)CC(CN(C)C)NC1CCN(C)C(C)C1. The van der Waals surface area contributed by atoms with Crippen molar-refractivity contribution in [2.75, 3.05) is 34.2 Å². The minimum Gasteiger partial charge on any atom is -0.310 e. The van der Waals surface area contributed by atoms with Crippen molar-refractivity contribution in [3.8, 4) is 0 Å². The molecular weight excluding hydrogens is 222 g/mol. The summed E-state index contributed by atoms with van der Waals surface area (Å²) in [5.74, 6) is 0.770. The van der Waals surface area contributed by atoms with Gasteiger partial charge in [0.1, 0.15) is 0 Å². The molecule has 0 aromatic rings. The van der Waals surface area contributed by atoms with Crippen LogP contribution in [0, 0.1) is 5.92 Å². The quantitative estimate of drug-likeness (QED) is 0.783. The first-order valence-corrected chi connectivity index (χ1v) is 7.49. The van der Waals surface area contributed by atoms with E-state index in [-0.39, 0.29) is 0 Å². The second-order valence-electron chi connectivity index (χ2n) is 6.81. The fourth-order valence-electron chi connectivity index (χ4n) is 2.98. The van der Waals surface area contributed by atoms with Crippen molar-refractivity contribution in [1.82, 2.24) is 15.1 Å². The fraction of sp³-hybridized carbons (Fsp3) is 1.00. The predicted octanol–water partition coefficient (Wildman–Crippen LogP) is 2.04. The first kappa shape index (κ1) is 15.9. The van der Waals surface area contributed by atoms with Gasteiger partial charge in [0.05, 0.1) is 0 Å². The van der Waals surface area contributed by atoms with E-state index in [0.717, 1.165) is 18.5 Å². The number of hydrogen-bond acceptors (Lipinski definition) is 3. The number of likely N-dealkylation sites (N-methyl/N-ethyl adjacent to an activating group) is 1. The molecule has 0 aromatic heterocycles. The van der Waals surface area contributed by atoms with E-state index in [1.54, 1.807) is 0 Å². The van der Waals surface area contributed by atoms with Crippen LogP contribution >= 0.6 is 0 Å². The van der Waals surface area contributed by atoms with E-state index < -0.39 is 0 Å². The van der Waals surface area contributed by atoms with E-state index >= 15 is 0 Å². The largest absolute Gasteiger partial charge is 0.310 e. The third-order valence-electron chi connectivity index (χ3n) is 4.02. The van der Waals surface area contributed by atoms with Crippen LogP contribution in [0.25, 0.3) is 0 Å². The maximum Gasteiger partial charge on any atom is 0.0199 e. The Morgan fingerprint density at radius 2 is 2.00 bits per heavy atom. The highest BCUT2D eigenvalue weighted by Gasteiger charge is 2.25. The molecule has 0 saturated carbocycles. The van der Waals surface area contributed by atoms with E-state index in [9.17, 15) is 0 Å². The third-order valence-corrected chi connectivity index (χ3v) is 4.02. The number of hydrogen-bond donors (Lipinski definition) is 1. The molecule has 1 aliphatic rings. The van der Waals surface area contributed by atoms with Crippen LogP contribution in [-0.2, 0) is 0 Å². The van der Waals surface area contributed by atoms with Crippen LogP contribution in [0.4, 0.5) is 0 Å². The fourth-order valence-corrected chi connectivity index (χ4v) is 2.98. The molecular formula is C15H33N3. The van der Waals surface area contributed by atoms with Gasteiger partial charge < -0.3 is 15.1 Å². The molecule has 3 heteroatoms. The second kappa shape index (κ2) is 7.46. The summed E-state index contributed by atoms with van der Waals surface area (Å²) in [5, 5.41) is 3.90. The van der Waals surface area contributed by atoms with Gasteiger partial charge in [-0.2, -0.15) is 0 Å². The van der Waals surface area contributed by atoms with Gasteiger partial charge in [0.2, 0.25) is 0 Å². The van der Waals surface area contributed by atoms with E-state index in [4.69, 9.17) is 0 Å². The average Bonchev–Trinajstić information content (AvgIpc) is 2.21. The van der Waals surface area contributed by atoms with Gasteiger partial charge in [-0.05, 0) is 59.8 Å². The standard InChI is InChI=1S/C15H33N3/c1-12(2)9-15(11-17(4)5)16-14-7-8-18(6)13(3)10-14/h12-16H,7-11H2,1-6H3. The maximum atomic E-state index is 3.90. The Bertz CT molecular complexity index is 218. The molecule has 0 aromatic carbocycles. The van der Waals surface area contributed by atoms with Crippen LogP contribution in [-0.4, -0.2) is 62.2 Å². The lowest BCUT2D eigenvalue weighted by Crippen LogP contribution is -2.51. The molecule has 0 bridgehead atoms. The van der Waals surface area contributed by atoms with Gasteiger partial charge in [-0.25, -0.2) is 0 Å². The van der Waals surface area contributed by atoms with Crippen molar-refractivity contribution >= 4 is 0 Å². The highest BCUT2D eigenvalue weighted by atomic mass is 15.2. The second-order valence-corrected chi connectivity index (χ2v) is 6.81. The van der Waals surface area contributed by atoms with Crippen molar-refractivity contribution in [2.45, 2.75) is 58.2 Å². The van der Waals surface area contributed by atoms with Gasteiger partial charge in [-0.15, -0.1) is 0 Å². The molecule has 1 heterocycles. The lowest BCUT2D eigenvalue weighted by atomic mass is 9.96. The van der Waals surface area contributed by atoms with Gasteiger partial charge in [0.15, 0.2) is 0 Å². The summed E-state index contributed by atoms with van der Waals surface area (Å²) in [5.41, 5.74) is 0. The molecule has 1 fully saturated rings. The Balaban J connectivity index is 2.44. The number of rotatable bonds is 6. The smallest absolute Gasteiger partial charge is 0.0199 e. The topological polar surface area (TPSA) is 18.5 Å². The van der Waals surface area contributed by atoms with Crippen molar-refractivity contribution in [1.29, 1.82) is 0 Å². The van der Waals surface area contributed by atoms with Gasteiger partial charge >= 0.3 is 0 Å². The summed E-state index contributed by atoms with van der Waals surface area (Å²) in [7, 11) is 6.59. The lowest BCUT2D eigenvalue weighted by Gasteiger charge is -2.38. The highest BCUT2D eigenvalue weighted by molar-refractivity contribution is 4.84. The van der Waals surface area contributed by atoms with E-state index in [1.165, 1.54) is 25.8 Å². The maximum absolute atomic E-state index is 3.90. The van der Waals surface area contributed by atoms with Gasteiger partial charge in [-0.3, -0.25) is 0 Å². The summed E-state index contributed by atoms with van der Waals surface area (Å²) in [6.07, 6.45) is 3.86. The molecule has 1 N–H and O–H groups in total. The molecule has 0 aliphatic carbocycles. The summed E-state index contributed by atoms with van der Waals surface area (Å²) in [6.45, 7) is 9.37. The van der Waals surface area contributed by atoms with Gasteiger partial charge in [0.25, 0.3) is 0 Å². The number of nitrogens with zero attached hydrogens (tertiary/aromatic N) is 2. The lowest BCUT2D eigenvalue weighted by molar-refractivity contribution is 0.154. The zero-order valence-electron chi connectivity index (χ0n) is 13.2. The molecule has 1 aliphatic heterocycles. The number of likely N-dealkylation sites (tertiary alicyclic amines) is 1. The Kier molecular flexibility index (Phi) is 6.61. The normalized spacial score (nSPS) is 28.0. The van der Waals surface area contributed by atoms with Crippen LogP contribution in [0.5, 0.6) is 0 Å². The molecule has 3 nitrogen and oxygen atoms in total. The molecule has 0 amide bonds. The van der Waals surface area contributed by atoms with E-state index in [1.807, 2.05) is 0 Å². The zero-order valence-corrected chi connectivity index (χ0v) is 13.2. The number of piperidine rings is 1. The van der Waals surface area contributed by atoms with Crippen molar-refractivity contribution < 1.29 is 0 Å². The minimum absolute atomic E-state index is 0.639. The van der Waals surface area contributed by atoms with Crippen molar-refractivity contribution in [2.24, 2.45) is 5.92 Å². The van der Waals surface area contributed by atoms with E-state index in [2.05, 4.69) is 57.0 Å². The first-order valence-electron chi connectivity index (χ1n) is 7.49. The monoisotopic (exact) mass is 255 g/mol. The zero-order chi connectivity index (χ0) is 13.7. The predicted molar refractivity (Wildman–Crippen MR) is 80.0 cm³/mol. The van der Waals surface area contributed by atoms with Crippen LogP contribution in [0.15, 0.2) is 0 Å². The van der Waals surface area contributed by atoms with Crippen molar-refractivity contribution in [3.63, 3.8) is 0 Å². The van der Waals surface area contributed by atoms with E-state index in [0.29, 0.717) is 12.1 Å². The summed E-state index contributed by atoms with van der Waals surface area (Å²) < 4.78 is 0. The molecule has 1 rings (SSSR count). The van der Waals surface area contributed by atoms with Crippen molar-refractivity contribution in [3.05, 3.63) is 0 Å². The highest BCUT2D eigenvalue weighted by Crippen LogP contribution is 2.17. The Hall–Kier alpha value is -0.120. The molecule has 3 unspecified atom stereocenters. The van der Waals surface area contributed by atoms with Crippen LogP contribution in [0.1, 0.15) is 40.0 Å². The molecule has 0 spiro atoms. The van der Waals surface area contributed by atoms with Gasteiger partial charge in [0, 0.05) is 24.7 Å². The first-order chi connectivity index (χ1) is 8.38. The molecule has 3 atom stereocenters. The Labute approximate surface area is 114 Å². The van der Waals surface area contributed by atoms with Crippen LogP contribution in [0.2, 0.25) is 0 Å². The van der Waals surface area contributed by atoms with Crippen LogP contribution in [0.3, 0.4) is 0 Å². The molecule has 1 saturated heterocycles. The summed E-state index contributed by atoms with van der Waals surface area (Å²) in [4.78, 5) is 4.78. The molecule has 108 valence electrons. The average molecular weight is 255 g/mol. The number of nitrogens with one attached hydrogen (secondary N) is 1. The van der Waals surface area contributed by atoms with Crippen LogP contribution < -0.4 is 5.32 Å². The van der Waals surface area contributed by atoms with Gasteiger partial charge in [-0.1, -0.05) is 13.8 Å². The minimum atomic E-state index is 0.639. The Morgan fingerprint density at radius 3 is 2.50 bits per heavy atom. The summed E-state index contributed by atoms with van der Waals surface area (Å²) >= 11 is 0.